The van der Waals surface area contributed by atoms with Crippen LogP contribution in [0.15, 0.2) is 24.8 Å². The lowest BCUT2D eigenvalue weighted by molar-refractivity contribution is -0.171. The molecule has 22 heavy (non-hydrogen) atoms. The fourth-order valence-electron chi connectivity index (χ4n) is 2.35. The number of hydrogen-bond donors (Lipinski definition) is 1. The van der Waals surface area contributed by atoms with E-state index in [9.17, 15) is 0 Å². The lowest BCUT2D eigenvalue weighted by atomic mass is 10.1. The van der Waals surface area contributed by atoms with E-state index >= 15 is 0 Å². The van der Waals surface area contributed by atoms with Crippen LogP contribution >= 0.6 is 0 Å². The van der Waals surface area contributed by atoms with Crippen molar-refractivity contribution < 1.29 is 23.8 Å². The summed E-state index contributed by atoms with van der Waals surface area (Å²) in [5.74, 6) is 1.47. The lowest BCUT2D eigenvalue weighted by Crippen LogP contribution is -2.25. The molecular formula is C16H21NO5. The Labute approximate surface area is 129 Å². The third-order valence-electron chi connectivity index (χ3n) is 3.54. The Hall–Kier alpha value is -1.76. The van der Waals surface area contributed by atoms with Gasteiger partial charge in [-0.1, -0.05) is 6.58 Å². The molecule has 1 N–H and O–H groups in total. The Kier molecular flexibility index (Phi) is 5.15. The van der Waals surface area contributed by atoms with Crippen molar-refractivity contribution in [3.8, 4) is 11.5 Å². The van der Waals surface area contributed by atoms with Crippen molar-refractivity contribution in [3.05, 3.63) is 30.3 Å². The molecule has 0 aromatic heterocycles. The first kappa shape index (κ1) is 15.1. The summed E-state index contributed by atoms with van der Waals surface area (Å²) >= 11 is 0. The average Bonchev–Trinajstić information content (AvgIpc) is 3.03. The SMILES string of the molecule is C=C(NOCCOC1CCCCO1)c1ccc2c(c1)OCO2. The molecule has 0 radical (unpaired) electrons. The van der Waals surface area contributed by atoms with Crippen molar-refractivity contribution >= 4 is 5.70 Å². The average molecular weight is 307 g/mol. The Morgan fingerprint density at radius 3 is 3.00 bits per heavy atom. The highest BCUT2D eigenvalue weighted by Gasteiger charge is 2.15. The predicted octanol–water partition coefficient (Wildman–Crippen LogP) is 2.45. The van der Waals surface area contributed by atoms with Crippen molar-refractivity contribution in [2.75, 3.05) is 26.6 Å². The third-order valence-corrected chi connectivity index (χ3v) is 3.54. The van der Waals surface area contributed by atoms with Gasteiger partial charge in [-0.05, 0) is 37.5 Å². The monoisotopic (exact) mass is 307 g/mol. The molecule has 1 aromatic carbocycles. The third kappa shape index (κ3) is 3.91. The molecule has 1 atom stereocenters. The molecule has 0 spiro atoms. The first-order valence-corrected chi connectivity index (χ1v) is 7.53. The van der Waals surface area contributed by atoms with Crippen molar-refractivity contribution in [1.29, 1.82) is 0 Å². The molecule has 2 aliphatic heterocycles. The normalized spacial score (nSPS) is 19.9. The van der Waals surface area contributed by atoms with E-state index in [1.54, 1.807) is 0 Å². The molecule has 0 amide bonds. The number of rotatable bonds is 7. The van der Waals surface area contributed by atoms with Gasteiger partial charge < -0.3 is 18.9 Å². The van der Waals surface area contributed by atoms with Crippen LogP contribution in [0, 0.1) is 0 Å². The molecule has 1 saturated heterocycles. The van der Waals surface area contributed by atoms with Crippen molar-refractivity contribution in [2.24, 2.45) is 0 Å². The van der Waals surface area contributed by atoms with Gasteiger partial charge in [-0.3, -0.25) is 10.3 Å². The van der Waals surface area contributed by atoms with Crippen LogP contribution in [-0.4, -0.2) is 32.9 Å². The number of nitrogens with one attached hydrogen (secondary N) is 1. The molecule has 2 aliphatic rings. The summed E-state index contributed by atoms with van der Waals surface area (Å²) in [6.45, 7) is 5.88. The van der Waals surface area contributed by atoms with Gasteiger partial charge in [0, 0.05) is 12.2 Å². The first-order valence-electron chi connectivity index (χ1n) is 7.53. The Morgan fingerprint density at radius 1 is 1.23 bits per heavy atom. The number of hydrogen-bond acceptors (Lipinski definition) is 6. The molecule has 3 rings (SSSR count). The van der Waals surface area contributed by atoms with Crippen LogP contribution in [0.5, 0.6) is 11.5 Å². The van der Waals surface area contributed by atoms with E-state index in [1.165, 1.54) is 0 Å². The van der Waals surface area contributed by atoms with Gasteiger partial charge in [0.25, 0.3) is 0 Å². The maximum atomic E-state index is 5.58. The summed E-state index contributed by atoms with van der Waals surface area (Å²) in [7, 11) is 0. The highest BCUT2D eigenvalue weighted by atomic mass is 16.7. The van der Waals surface area contributed by atoms with Gasteiger partial charge in [0.1, 0.15) is 0 Å². The predicted molar refractivity (Wildman–Crippen MR) is 80.2 cm³/mol. The van der Waals surface area contributed by atoms with E-state index in [-0.39, 0.29) is 13.1 Å². The number of hydroxylamine groups is 1. The molecule has 2 heterocycles. The summed E-state index contributed by atoms with van der Waals surface area (Å²) in [5, 5.41) is 0. The first-order chi connectivity index (χ1) is 10.8. The largest absolute Gasteiger partial charge is 0.454 e. The standard InChI is InChI=1S/C16H21NO5/c1-12(13-5-6-14-15(10-13)21-11-20-14)17-22-9-8-19-16-4-2-3-7-18-16/h5-6,10,16-17H,1-4,7-9,11H2. The summed E-state index contributed by atoms with van der Waals surface area (Å²) < 4.78 is 21.7. The zero-order chi connectivity index (χ0) is 15.2. The second-order valence-corrected chi connectivity index (χ2v) is 5.16. The topological polar surface area (TPSA) is 58.2 Å². The molecule has 1 aromatic rings. The fourth-order valence-corrected chi connectivity index (χ4v) is 2.35. The zero-order valence-corrected chi connectivity index (χ0v) is 12.5. The summed E-state index contributed by atoms with van der Waals surface area (Å²) in [4.78, 5) is 5.36. The van der Waals surface area contributed by atoms with Gasteiger partial charge in [-0.15, -0.1) is 0 Å². The minimum absolute atomic E-state index is 0.0885. The molecule has 1 unspecified atom stereocenters. The number of ether oxygens (including phenoxy) is 4. The maximum absolute atomic E-state index is 5.58. The van der Waals surface area contributed by atoms with Gasteiger partial charge in [0.05, 0.1) is 18.9 Å². The van der Waals surface area contributed by atoms with Gasteiger partial charge >= 0.3 is 0 Å². The van der Waals surface area contributed by atoms with Crippen LogP contribution in [0.4, 0.5) is 0 Å². The molecular weight excluding hydrogens is 286 g/mol. The Bertz CT molecular complexity index is 513. The molecule has 6 heteroatoms. The smallest absolute Gasteiger partial charge is 0.231 e. The van der Waals surface area contributed by atoms with Crippen LogP contribution in [0.3, 0.4) is 0 Å². The van der Waals surface area contributed by atoms with Crippen LogP contribution in [0.25, 0.3) is 5.70 Å². The molecule has 0 aliphatic carbocycles. The van der Waals surface area contributed by atoms with Gasteiger partial charge in [-0.25, -0.2) is 0 Å². The second-order valence-electron chi connectivity index (χ2n) is 5.16. The number of benzene rings is 1. The van der Waals surface area contributed by atoms with E-state index in [2.05, 4.69) is 12.1 Å². The van der Waals surface area contributed by atoms with Gasteiger partial charge in [0.2, 0.25) is 6.79 Å². The highest BCUT2D eigenvalue weighted by molar-refractivity contribution is 5.64. The van der Waals surface area contributed by atoms with Crippen LogP contribution in [-0.2, 0) is 14.3 Å². The fraction of sp³-hybridized carbons (Fsp3) is 0.500. The van der Waals surface area contributed by atoms with E-state index in [4.69, 9.17) is 23.8 Å². The van der Waals surface area contributed by atoms with Crippen LogP contribution in [0.1, 0.15) is 24.8 Å². The molecule has 120 valence electrons. The molecule has 6 nitrogen and oxygen atoms in total. The van der Waals surface area contributed by atoms with Crippen LogP contribution in [0.2, 0.25) is 0 Å². The maximum Gasteiger partial charge on any atom is 0.231 e. The minimum Gasteiger partial charge on any atom is -0.454 e. The number of fused-ring (bicyclic) bond motifs is 1. The van der Waals surface area contributed by atoms with Crippen molar-refractivity contribution in [1.82, 2.24) is 5.48 Å². The summed E-state index contributed by atoms with van der Waals surface area (Å²) in [5.41, 5.74) is 4.37. The van der Waals surface area contributed by atoms with Gasteiger partial charge in [-0.2, -0.15) is 0 Å². The summed E-state index contributed by atoms with van der Waals surface area (Å²) in [6, 6.07) is 5.63. The van der Waals surface area contributed by atoms with Crippen molar-refractivity contribution in [3.63, 3.8) is 0 Å². The molecule has 0 saturated carbocycles. The van der Waals surface area contributed by atoms with E-state index in [0.717, 1.165) is 42.9 Å². The Balaban J connectivity index is 1.35. The van der Waals surface area contributed by atoms with Crippen LogP contribution < -0.4 is 15.0 Å². The van der Waals surface area contributed by atoms with Crippen molar-refractivity contribution in [2.45, 2.75) is 25.6 Å². The highest BCUT2D eigenvalue weighted by Crippen LogP contribution is 2.33. The quantitative estimate of drug-likeness (QED) is 0.617. The molecule has 1 fully saturated rings. The van der Waals surface area contributed by atoms with E-state index in [0.29, 0.717) is 18.9 Å². The Morgan fingerprint density at radius 2 is 2.14 bits per heavy atom. The van der Waals surface area contributed by atoms with E-state index in [1.807, 2.05) is 18.2 Å². The second kappa shape index (κ2) is 7.49. The zero-order valence-electron chi connectivity index (χ0n) is 12.5. The minimum atomic E-state index is -0.0885. The summed E-state index contributed by atoms with van der Waals surface area (Å²) in [6.07, 6.45) is 3.14. The van der Waals surface area contributed by atoms with Gasteiger partial charge in [0.15, 0.2) is 17.8 Å². The van der Waals surface area contributed by atoms with E-state index < -0.39 is 0 Å². The lowest BCUT2D eigenvalue weighted by Gasteiger charge is -2.22. The molecule has 0 bridgehead atoms.